The maximum Gasteiger partial charge on any atom is 0.305 e. The predicted molar refractivity (Wildman–Crippen MR) is 112 cm³/mol. The van der Waals surface area contributed by atoms with Crippen LogP contribution in [0.1, 0.15) is 28.8 Å². The second-order valence-corrected chi connectivity index (χ2v) is 7.40. The Labute approximate surface area is 181 Å². The van der Waals surface area contributed by atoms with Crippen LogP contribution in [0.5, 0.6) is 0 Å². The Hall–Kier alpha value is -2.61. The van der Waals surface area contributed by atoms with Crippen molar-refractivity contribution in [2.24, 2.45) is 0 Å². The molecule has 7 heteroatoms. The Morgan fingerprint density at radius 2 is 1.94 bits per heavy atom. The largest absolute Gasteiger partial charge is 0.469 e. The lowest BCUT2D eigenvalue weighted by Gasteiger charge is -2.12. The lowest BCUT2D eigenvalue weighted by atomic mass is 10.0. The molecule has 0 bridgehead atoms. The highest BCUT2D eigenvalue weighted by molar-refractivity contribution is 5.77. The molecule has 2 aliphatic heterocycles. The number of ether oxygens (including phenoxy) is 4. The number of aldehydes is 1. The summed E-state index contributed by atoms with van der Waals surface area (Å²) in [5.41, 5.74) is 2.46. The van der Waals surface area contributed by atoms with Crippen LogP contribution in [0.3, 0.4) is 0 Å². The van der Waals surface area contributed by atoms with E-state index in [-0.39, 0.29) is 30.4 Å². The highest BCUT2D eigenvalue weighted by Crippen LogP contribution is 2.27. The monoisotopic (exact) mass is 430 g/mol. The first-order chi connectivity index (χ1) is 15.0. The number of methoxy groups -OCH3 is 2. The molecule has 0 aromatic heterocycles. The Morgan fingerprint density at radius 1 is 1.16 bits per heavy atom. The molecule has 0 spiro atoms. The van der Waals surface area contributed by atoms with Gasteiger partial charge in [0.25, 0.3) is 0 Å². The topological polar surface area (TPSA) is 71.1 Å². The van der Waals surface area contributed by atoms with E-state index in [0.717, 1.165) is 24.9 Å². The van der Waals surface area contributed by atoms with Crippen molar-refractivity contribution in [3.8, 4) is 11.1 Å². The molecule has 2 aliphatic rings. The van der Waals surface area contributed by atoms with Crippen LogP contribution in [0.2, 0.25) is 0 Å². The summed E-state index contributed by atoms with van der Waals surface area (Å²) in [6.45, 7) is 1.53. The van der Waals surface area contributed by atoms with Crippen LogP contribution in [-0.2, 0) is 30.2 Å². The Balaban J connectivity index is 0.000000225. The van der Waals surface area contributed by atoms with E-state index < -0.39 is 0 Å². The molecule has 6 nitrogen and oxygen atoms in total. The fourth-order valence-electron chi connectivity index (χ4n) is 3.67. The van der Waals surface area contributed by atoms with Crippen molar-refractivity contribution in [1.82, 2.24) is 0 Å². The predicted octanol–water partition coefficient (Wildman–Crippen LogP) is 3.60. The molecule has 4 rings (SSSR count). The van der Waals surface area contributed by atoms with Gasteiger partial charge in [-0.05, 0) is 30.0 Å². The van der Waals surface area contributed by atoms with Gasteiger partial charge in [0.05, 0.1) is 19.8 Å². The first kappa shape index (κ1) is 23.1. The summed E-state index contributed by atoms with van der Waals surface area (Å²) < 4.78 is 34.7. The van der Waals surface area contributed by atoms with Crippen molar-refractivity contribution in [1.29, 1.82) is 0 Å². The van der Waals surface area contributed by atoms with Gasteiger partial charge in [-0.2, -0.15) is 0 Å². The molecule has 2 fully saturated rings. The van der Waals surface area contributed by atoms with Gasteiger partial charge in [-0.15, -0.1) is 0 Å². The smallest absolute Gasteiger partial charge is 0.305 e. The molecule has 166 valence electrons. The highest BCUT2D eigenvalue weighted by Gasteiger charge is 2.41. The quantitative estimate of drug-likeness (QED) is 0.515. The van der Waals surface area contributed by atoms with Crippen molar-refractivity contribution >= 4 is 12.3 Å². The van der Waals surface area contributed by atoms with Gasteiger partial charge in [-0.3, -0.25) is 9.59 Å². The Morgan fingerprint density at radius 3 is 2.58 bits per heavy atom. The molecule has 0 amide bonds. The average molecular weight is 430 g/mol. The Bertz CT molecular complexity index is 882. The minimum atomic E-state index is -0.351. The second kappa shape index (κ2) is 11.1. The first-order valence-corrected chi connectivity index (χ1v) is 10.2. The lowest BCUT2D eigenvalue weighted by molar-refractivity contribution is -0.140. The molecule has 2 aromatic carbocycles. The van der Waals surface area contributed by atoms with E-state index in [0.29, 0.717) is 35.8 Å². The van der Waals surface area contributed by atoms with E-state index >= 15 is 0 Å². The lowest BCUT2D eigenvalue weighted by Crippen LogP contribution is -2.28. The van der Waals surface area contributed by atoms with Crippen LogP contribution in [0.15, 0.2) is 42.5 Å². The molecular formula is C24H27FO6. The van der Waals surface area contributed by atoms with Gasteiger partial charge in [-0.1, -0.05) is 36.4 Å². The average Bonchev–Trinajstić information content (AvgIpc) is 3.42. The van der Waals surface area contributed by atoms with E-state index in [2.05, 4.69) is 4.74 Å². The van der Waals surface area contributed by atoms with Gasteiger partial charge in [0, 0.05) is 31.3 Å². The van der Waals surface area contributed by atoms with Gasteiger partial charge < -0.3 is 18.9 Å². The number of rotatable bonds is 6. The fourth-order valence-corrected chi connectivity index (χ4v) is 3.67. The van der Waals surface area contributed by atoms with Crippen molar-refractivity contribution < 1.29 is 32.9 Å². The second-order valence-electron chi connectivity index (χ2n) is 7.40. The van der Waals surface area contributed by atoms with Crippen LogP contribution in [0, 0.1) is 5.82 Å². The molecule has 0 saturated carbocycles. The van der Waals surface area contributed by atoms with Crippen LogP contribution in [0.4, 0.5) is 4.39 Å². The summed E-state index contributed by atoms with van der Waals surface area (Å²) in [6, 6.07) is 11.6. The van der Waals surface area contributed by atoms with Gasteiger partial charge in [-0.25, -0.2) is 4.39 Å². The third-order valence-corrected chi connectivity index (χ3v) is 5.46. The van der Waals surface area contributed by atoms with Crippen molar-refractivity contribution in [3.05, 3.63) is 59.4 Å². The SMILES string of the molecule is COC(=O)CCc1ccc(-c2ccc(C=O)cc2)c(F)c1.COC1COC2CCOC12. The number of halogens is 1. The minimum Gasteiger partial charge on any atom is -0.469 e. The maximum atomic E-state index is 14.1. The summed E-state index contributed by atoms with van der Waals surface area (Å²) in [7, 11) is 3.03. The number of hydrogen-bond acceptors (Lipinski definition) is 6. The number of carbonyl (C=O) groups is 2. The first-order valence-electron chi connectivity index (χ1n) is 10.2. The summed E-state index contributed by atoms with van der Waals surface area (Å²) in [5, 5.41) is 0. The summed E-state index contributed by atoms with van der Waals surface area (Å²) >= 11 is 0. The normalized spacial score (nSPS) is 21.7. The highest BCUT2D eigenvalue weighted by atomic mass is 19.1. The van der Waals surface area contributed by atoms with E-state index in [9.17, 15) is 14.0 Å². The van der Waals surface area contributed by atoms with Crippen molar-refractivity contribution in [2.75, 3.05) is 27.4 Å². The molecule has 2 aromatic rings. The number of carbonyl (C=O) groups excluding carboxylic acids is 2. The zero-order valence-electron chi connectivity index (χ0n) is 17.7. The summed E-state index contributed by atoms with van der Waals surface area (Å²) in [4.78, 5) is 21.7. The van der Waals surface area contributed by atoms with E-state index in [1.54, 1.807) is 43.5 Å². The van der Waals surface area contributed by atoms with Crippen LogP contribution >= 0.6 is 0 Å². The van der Waals surface area contributed by atoms with Gasteiger partial charge in [0.15, 0.2) is 0 Å². The number of esters is 1. The zero-order chi connectivity index (χ0) is 22.2. The number of hydrogen-bond donors (Lipinski definition) is 0. The van der Waals surface area contributed by atoms with Crippen LogP contribution in [-0.4, -0.2) is 58.0 Å². The number of aryl methyl sites for hydroxylation is 1. The summed E-state index contributed by atoms with van der Waals surface area (Å²) in [6.07, 6.45) is 3.14. The molecular weight excluding hydrogens is 403 g/mol. The minimum absolute atomic E-state index is 0.174. The number of benzene rings is 2. The molecule has 31 heavy (non-hydrogen) atoms. The molecule has 3 unspecified atom stereocenters. The molecule has 3 atom stereocenters. The Kier molecular flexibility index (Phi) is 8.28. The van der Waals surface area contributed by atoms with Gasteiger partial charge in [0.2, 0.25) is 0 Å². The van der Waals surface area contributed by atoms with E-state index in [4.69, 9.17) is 14.2 Å². The van der Waals surface area contributed by atoms with Crippen molar-refractivity contribution in [2.45, 2.75) is 37.6 Å². The number of fused-ring (bicyclic) bond motifs is 1. The van der Waals surface area contributed by atoms with Gasteiger partial charge >= 0.3 is 5.97 Å². The molecule has 2 heterocycles. The molecule has 0 radical (unpaired) electrons. The zero-order valence-corrected chi connectivity index (χ0v) is 17.7. The standard InChI is InChI=1S/C17H15FO3.C7H12O3/c1-21-17(20)9-5-12-4-8-15(16(18)10-12)14-6-2-13(11-19)3-7-14;1-8-6-4-10-5-2-3-9-7(5)6/h2-4,6-8,10-11H,5,9H2,1H3;5-7H,2-4H2,1H3. The van der Waals surface area contributed by atoms with Gasteiger partial charge in [0.1, 0.15) is 24.3 Å². The molecule has 0 N–H and O–H groups in total. The molecule has 0 aliphatic carbocycles. The molecule has 2 saturated heterocycles. The van der Waals surface area contributed by atoms with Crippen LogP contribution in [0.25, 0.3) is 11.1 Å². The van der Waals surface area contributed by atoms with E-state index in [1.165, 1.54) is 13.2 Å². The van der Waals surface area contributed by atoms with Crippen molar-refractivity contribution in [3.63, 3.8) is 0 Å². The van der Waals surface area contributed by atoms with E-state index in [1.807, 2.05) is 0 Å². The third kappa shape index (κ3) is 5.97. The maximum absolute atomic E-state index is 14.1. The third-order valence-electron chi connectivity index (χ3n) is 5.46. The van der Waals surface area contributed by atoms with Crippen LogP contribution < -0.4 is 0 Å². The summed E-state index contributed by atoms with van der Waals surface area (Å²) in [5.74, 6) is -0.667. The fraction of sp³-hybridized carbons (Fsp3) is 0.417.